The average Bonchev–Trinajstić information content (AvgIpc) is 2.55. The predicted octanol–water partition coefficient (Wildman–Crippen LogP) is 3.69. The summed E-state index contributed by atoms with van der Waals surface area (Å²) in [6.45, 7) is 6.37. The predicted molar refractivity (Wildman–Crippen MR) is 92.2 cm³/mol. The van der Waals surface area contributed by atoms with Crippen molar-refractivity contribution in [2.45, 2.75) is 38.1 Å². The van der Waals surface area contributed by atoms with E-state index in [9.17, 15) is 8.42 Å². The SMILES string of the molecule is CCOc1ccc(S(=O)(=O)N[C@@H](C)c2ccc(CC)cc2)cc1. The number of rotatable bonds is 7. The van der Waals surface area contributed by atoms with E-state index in [0.29, 0.717) is 12.4 Å². The monoisotopic (exact) mass is 333 g/mol. The second kappa shape index (κ2) is 7.62. The van der Waals surface area contributed by atoms with E-state index in [4.69, 9.17) is 4.74 Å². The minimum absolute atomic E-state index is 0.234. The Morgan fingerprint density at radius 3 is 2.13 bits per heavy atom. The topological polar surface area (TPSA) is 55.4 Å². The highest BCUT2D eigenvalue weighted by Crippen LogP contribution is 2.20. The molecule has 1 N–H and O–H groups in total. The number of aryl methyl sites for hydroxylation is 1. The minimum Gasteiger partial charge on any atom is -0.494 e. The minimum atomic E-state index is -3.56. The lowest BCUT2D eigenvalue weighted by molar-refractivity contribution is 0.340. The van der Waals surface area contributed by atoms with Gasteiger partial charge < -0.3 is 4.74 Å². The number of benzene rings is 2. The van der Waals surface area contributed by atoms with Gasteiger partial charge >= 0.3 is 0 Å². The van der Waals surface area contributed by atoms with E-state index in [-0.39, 0.29) is 10.9 Å². The third-order valence-electron chi connectivity index (χ3n) is 3.66. The fourth-order valence-electron chi connectivity index (χ4n) is 2.29. The summed E-state index contributed by atoms with van der Waals surface area (Å²) in [7, 11) is -3.56. The van der Waals surface area contributed by atoms with Crippen molar-refractivity contribution >= 4 is 10.0 Å². The molecule has 0 aliphatic rings. The first-order valence-electron chi connectivity index (χ1n) is 7.80. The van der Waals surface area contributed by atoms with Crippen molar-refractivity contribution in [3.05, 3.63) is 59.7 Å². The highest BCUT2D eigenvalue weighted by atomic mass is 32.2. The summed E-state index contributed by atoms with van der Waals surface area (Å²) in [5.41, 5.74) is 2.17. The first-order valence-corrected chi connectivity index (χ1v) is 9.28. The van der Waals surface area contributed by atoms with Gasteiger partial charge in [-0.05, 0) is 55.7 Å². The van der Waals surface area contributed by atoms with Crippen LogP contribution in [0.15, 0.2) is 53.4 Å². The van der Waals surface area contributed by atoms with Crippen LogP contribution in [0.25, 0.3) is 0 Å². The Hall–Kier alpha value is -1.85. The van der Waals surface area contributed by atoms with Gasteiger partial charge in [0.05, 0.1) is 11.5 Å². The van der Waals surface area contributed by atoms with Gasteiger partial charge in [-0.25, -0.2) is 13.1 Å². The summed E-state index contributed by atoms with van der Waals surface area (Å²) in [6, 6.07) is 14.1. The molecule has 0 amide bonds. The van der Waals surface area contributed by atoms with Crippen LogP contribution in [0.3, 0.4) is 0 Å². The molecular formula is C18H23NO3S. The molecular weight excluding hydrogens is 310 g/mol. The van der Waals surface area contributed by atoms with Crippen LogP contribution in [0.5, 0.6) is 5.75 Å². The largest absolute Gasteiger partial charge is 0.494 e. The molecule has 2 aromatic carbocycles. The Bertz CT molecular complexity index is 722. The molecule has 0 fully saturated rings. The van der Waals surface area contributed by atoms with Crippen LogP contribution in [0.4, 0.5) is 0 Å². The summed E-state index contributed by atoms with van der Waals surface area (Å²) in [6.07, 6.45) is 0.965. The number of nitrogens with one attached hydrogen (secondary N) is 1. The molecule has 0 saturated carbocycles. The molecule has 0 bridgehead atoms. The number of ether oxygens (including phenoxy) is 1. The summed E-state index contributed by atoms with van der Waals surface area (Å²) >= 11 is 0. The molecule has 5 heteroatoms. The van der Waals surface area contributed by atoms with Crippen molar-refractivity contribution < 1.29 is 13.2 Å². The van der Waals surface area contributed by atoms with Gasteiger partial charge in [0.1, 0.15) is 5.75 Å². The molecule has 2 rings (SSSR count). The van der Waals surface area contributed by atoms with Gasteiger partial charge in [0.2, 0.25) is 10.0 Å². The van der Waals surface area contributed by atoms with E-state index < -0.39 is 10.0 Å². The Morgan fingerprint density at radius 2 is 1.61 bits per heavy atom. The van der Waals surface area contributed by atoms with E-state index >= 15 is 0 Å². The second-order valence-corrected chi connectivity index (χ2v) is 7.06. The molecule has 0 aromatic heterocycles. The first-order chi connectivity index (χ1) is 11.0. The Balaban J connectivity index is 2.12. The van der Waals surface area contributed by atoms with Crippen LogP contribution in [0.2, 0.25) is 0 Å². The molecule has 124 valence electrons. The highest BCUT2D eigenvalue weighted by Gasteiger charge is 2.18. The van der Waals surface area contributed by atoms with Gasteiger partial charge in [-0.2, -0.15) is 0 Å². The van der Waals surface area contributed by atoms with E-state index in [1.807, 2.05) is 38.1 Å². The molecule has 0 radical (unpaired) electrons. The first kappa shape index (κ1) is 17.5. The van der Waals surface area contributed by atoms with Gasteiger partial charge in [-0.1, -0.05) is 31.2 Å². The van der Waals surface area contributed by atoms with E-state index in [0.717, 1.165) is 12.0 Å². The third-order valence-corrected chi connectivity index (χ3v) is 5.22. The normalized spacial score (nSPS) is 12.8. The maximum Gasteiger partial charge on any atom is 0.241 e. The fraction of sp³-hybridized carbons (Fsp3) is 0.333. The van der Waals surface area contributed by atoms with Crippen LogP contribution < -0.4 is 9.46 Å². The van der Waals surface area contributed by atoms with Crippen molar-refractivity contribution in [1.82, 2.24) is 4.72 Å². The Labute approximate surface area is 138 Å². The maximum absolute atomic E-state index is 12.5. The van der Waals surface area contributed by atoms with Crippen molar-refractivity contribution in [1.29, 1.82) is 0 Å². The van der Waals surface area contributed by atoms with Crippen LogP contribution in [-0.2, 0) is 16.4 Å². The molecule has 0 heterocycles. The van der Waals surface area contributed by atoms with Crippen LogP contribution in [0.1, 0.15) is 37.9 Å². The number of hydrogen-bond donors (Lipinski definition) is 1. The molecule has 0 saturated heterocycles. The van der Waals surface area contributed by atoms with E-state index in [1.54, 1.807) is 24.3 Å². The molecule has 1 atom stereocenters. The lowest BCUT2D eigenvalue weighted by Gasteiger charge is -2.15. The lowest BCUT2D eigenvalue weighted by atomic mass is 10.1. The van der Waals surface area contributed by atoms with Crippen molar-refractivity contribution in [2.75, 3.05) is 6.61 Å². The van der Waals surface area contributed by atoms with E-state index in [2.05, 4.69) is 11.6 Å². The van der Waals surface area contributed by atoms with E-state index in [1.165, 1.54) is 5.56 Å². The maximum atomic E-state index is 12.5. The lowest BCUT2D eigenvalue weighted by Crippen LogP contribution is -2.26. The zero-order chi connectivity index (χ0) is 16.9. The zero-order valence-corrected chi connectivity index (χ0v) is 14.6. The van der Waals surface area contributed by atoms with Crippen molar-refractivity contribution in [3.63, 3.8) is 0 Å². The zero-order valence-electron chi connectivity index (χ0n) is 13.7. The van der Waals surface area contributed by atoms with Crippen LogP contribution >= 0.6 is 0 Å². The highest BCUT2D eigenvalue weighted by molar-refractivity contribution is 7.89. The number of sulfonamides is 1. The average molecular weight is 333 g/mol. The summed E-state index contributed by atoms with van der Waals surface area (Å²) in [5.74, 6) is 0.662. The molecule has 0 spiro atoms. The molecule has 0 aliphatic carbocycles. The summed E-state index contributed by atoms with van der Waals surface area (Å²) in [5, 5.41) is 0. The molecule has 4 nitrogen and oxygen atoms in total. The third kappa shape index (κ3) is 4.56. The van der Waals surface area contributed by atoms with Crippen molar-refractivity contribution in [3.8, 4) is 5.75 Å². The van der Waals surface area contributed by atoms with Gasteiger partial charge in [0, 0.05) is 6.04 Å². The number of hydrogen-bond acceptors (Lipinski definition) is 3. The standard InChI is InChI=1S/C18H23NO3S/c1-4-15-6-8-16(9-7-15)14(3)19-23(20,21)18-12-10-17(11-13-18)22-5-2/h6-14,19H,4-5H2,1-3H3/t14-/m0/s1. The Kier molecular flexibility index (Phi) is 5.80. The molecule has 0 unspecified atom stereocenters. The Morgan fingerprint density at radius 1 is 1.00 bits per heavy atom. The quantitative estimate of drug-likeness (QED) is 0.841. The van der Waals surface area contributed by atoms with Gasteiger partial charge in [-0.15, -0.1) is 0 Å². The fourth-order valence-corrected chi connectivity index (χ4v) is 3.52. The van der Waals surface area contributed by atoms with Gasteiger partial charge in [-0.3, -0.25) is 0 Å². The van der Waals surface area contributed by atoms with Crippen LogP contribution in [0, 0.1) is 0 Å². The van der Waals surface area contributed by atoms with Crippen molar-refractivity contribution in [2.24, 2.45) is 0 Å². The molecule has 0 aliphatic heterocycles. The summed E-state index contributed by atoms with van der Waals surface area (Å²) in [4.78, 5) is 0.234. The second-order valence-electron chi connectivity index (χ2n) is 5.34. The van der Waals surface area contributed by atoms with Gasteiger partial charge in [0.25, 0.3) is 0 Å². The smallest absolute Gasteiger partial charge is 0.241 e. The molecule has 23 heavy (non-hydrogen) atoms. The van der Waals surface area contributed by atoms with Crippen LogP contribution in [-0.4, -0.2) is 15.0 Å². The molecule has 2 aromatic rings. The summed E-state index contributed by atoms with van der Waals surface area (Å²) < 4.78 is 33.0. The van der Waals surface area contributed by atoms with Gasteiger partial charge in [0.15, 0.2) is 0 Å².